The van der Waals surface area contributed by atoms with Crippen LogP contribution in [0.4, 0.5) is 4.39 Å². The summed E-state index contributed by atoms with van der Waals surface area (Å²) in [6, 6.07) is 2.58. The van der Waals surface area contributed by atoms with Crippen LogP contribution in [0.2, 0.25) is 0 Å². The van der Waals surface area contributed by atoms with E-state index in [1.807, 2.05) is 0 Å². The molecule has 2 rings (SSSR count). The molecule has 0 aromatic heterocycles. The summed E-state index contributed by atoms with van der Waals surface area (Å²) in [5, 5.41) is 0. The molecule has 0 N–H and O–H groups in total. The minimum absolute atomic E-state index is 0.161. The Bertz CT molecular complexity index is 656. The van der Waals surface area contributed by atoms with Gasteiger partial charge in [-0.05, 0) is 13.8 Å². The van der Waals surface area contributed by atoms with Crippen molar-refractivity contribution < 1.29 is 22.3 Å². The Morgan fingerprint density at radius 2 is 1.57 bits per heavy atom. The number of ether oxygens (including phenoxy) is 2. The summed E-state index contributed by atoms with van der Waals surface area (Å²) < 4.78 is 51.1. The number of methoxy groups -OCH3 is 2. The maximum absolute atomic E-state index is 14.3. The highest BCUT2D eigenvalue weighted by molar-refractivity contribution is 7.89. The molecule has 0 aliphatic carbocycles. The summed E-state index contributed by atoms with van der Waals surface area (Å²) >= 11 is 0. The zero-order chi connectivity index (χ0) is 17.2. The van der Waals surface area contributed by atoms with Gasteiger partial charge in [-0.15, -0.1) is 0 Å². The van der Waals surface area contributed by atoms with Crippen LogP contribution in [0.1, 0.15) is 13.8 Å². The van der Waals surface area contributed by atoms with Crippen molar-refractivity contribution in [2.45, 2.75) is 24.8 Å². The normalized spacial score (nSPS) is 17.5. The minimum atomic E-state index is -3.90. The zero-order valence-electron chi connectivity index (χ0n) is 13.9. The SMILES string of the molecule is COc1cc(F)c(S(=O)(=O)N2CCN(C(C)C)CC2)cc1OC. The van der Waals surface area contributed by atoms with Gasteiger partial charge in [0, 0.05) is 44.4 Å². The molecule has 0 atom stereocenters. The molecule has 1 heterocycles. The Morgan fingerprint density at radius 1 is 1.04 bits per heavy atom. The van der Waals surface area contributed by atoms with Crippen LogP contribution < -0.4 is 9.47 Å². The van der Waals surface area contributed by atoms with Crippen molar-refractivity contribution in [3.63, 3.8) is 0 Å². The molecule has 1 saturated heterocycles. The molecule has 0 spiro atoms. The van der Waals surface area contributed by atoms with Crippen LogP contribution in [0.25, 0.3) is 0 Å². The topological polar surface area (TPSA) is 59.1 Å². The number of sulfonamides is 1. The summed E-state index contributed by atoms with van der Waals surface area (Å²) in [5.41, 5.74) is 0. The van der Waals surface area contributed by atoms with E-state index in [1.54, 1.807) is 0 Å². The Balaban J connectivity index is 2.30. The zero-order valence-corrected chi connectivity index (χ0v) is 14.7. The Labute approximate surface area is 136 Å². The average molecular weight is 346 g/mol. The molecule has 1 aliphatic rings. The molecule has 1 aromatic carbocycles. The molecule has 0 saturated carbocycles. The van der Waals surface area contributed by atoms with E-state index in [-0.39, 0.29) is 16.4 Å². The van der Waals surface area contributed by atoms with Crippen molar-refractivity contribution in [2.24, 2.45) is 0 Å². The van der Waals surface area contributed by atoms with Crippen LogP contribution in [-0.2, 0) is 10.0 Å². The molecule has 1 aromatic rings. The quantitative estimate of drug-likeness (QED) is 0.810. The minimum Gasteiger partial charge on any atom is -0.493 e. The number of nitrogens with zero attached hydrogens (tertiary/aromatic N) is 2. The van der Waals surface area contributed by atoms with Gasteiger partial charge in [-0.3, -0.25) is 4.90 Å². The van der Waals surface area contributed by atoms with Crippen LogP contribution in [0.3, 0.4) is 0 Å². The van der Waals surface area contributed by atoms with E-state index in [0.717, 1.165) is 6.07 Å². The molecule has 0 unspecified atom stereocenters. The predicted octanol–water partition coefficient (Wildman–Crippen LogP) is 1.56. The van der Waals surface area contributed by atoms with E-state index < -0.39 is 15.8 Å². The van der Waals surface area contributed by atoms with Gasteiger partial charge in [-0.2, -0.15) is 4.31 Å². The van der Waals surface area contributed by atoms with Crippen LogP contribution in [0.5, 0.6) is 11.5 Å². The van der Waals surface area contributed by atoms with E-state index in [4.69, 9.17) is 9.47 Å². The number of rotatable bonds is 5. The third-order valence-electron chi connectivity index (χ3n) is 4.06. The predicted molar refractivity (Wildman–Crippen MR) is 85.0 cm³/mol. The number of hydrogen-bond donors (Lipinski definition) is 0. The van der Waals surface area contributed by atoms with Crippen molar-refractivity contribution in [3.05, 3.63) is 17.9 Å². The highest BCUT2D eigenvalue weighted by atomic mass is 32.2. The van der Waals surface area contributed by atoms with Crippen molar-refractivity contribution in [1.29, 1.82) is 0 Å². The maximum Gasteiger partial charge on any atom is 0.246 e. The molecule has 1 fully saturated rings. The molecular weight excluding hydrogens is 323 g/mol. The standard InChI is InChI=1S/C15H23FN2O4S/c1-11(2)17-5-7-18(8-6-17)23(19,20)15-10-14(22-4)13(21-3)9-12(15)16/h9-11H,5-8H2,1-4H3. The number of benzene rings is 1. The fourth-order valence-electron chi connectivity index (χ4n) is 2.63. The van der Waals surface area contributed by atoms with E-state index in [2.05, 4.69) is 18.7 Å². The summed E-state index contributed by atoms with van der Waals surface area (Å²) in [5.74, 6) is -0.490. The number of halogens is 1. The number of hydrogen-bond acceptors (Lipinski definition) is 5. The maximum atomic E-state index is 14.3. The van der Waals surface area contributed by atoms with Crippen molar-refractivity contribution >= 4 is 10.0 Å². The summed E-state index contributed by atoms with van der Waals surface area (Å²) in [7, 11) is -1.15. The van der Waals surface area contributed by atoms with Crippen LogP contribution in [0, 0.1) is 5.82 Å². The smallest absolute Gasteiger partial charge is 0.246 e. The Morgan fingerprint density at radius 3 is 2.04 bits per heavy atom. The van der Waals surface area contributed by atoms with Crippen molar-refractivity contribution in [2.75, 3.05) is 40.4 Å². The highest BCUT2D eigenvalue weighted by Crippen LogP contribution is 2.33. The molecule has 8 heteroatoms. The van der Waals surface area contributed by atoms with Gasteiger partial charge in [0.25, 0.3) is 0 Å². The molecule has 23 heavy (non-hydrogen) atoms. The van der Waals surface area contributed by atoms with Gasteiger partial charge in [-0.25, -0.2) is 12.8 Å². The summed E-state index contributed by atoms with van der Waals surface area (Å²) in [6.07, 6.45) is 0. The fraction of sp³-hybridized carbons (Fsp3) is 0.600. The Kier molecular flexibility index (Phi) is 5.49. The second-order valence-corrected chi connectivity index (χ2v) is 7.58. The van der Waals surface area contributed by atoms with E-state index >= 15 is 0 Å². The lowest BCUT2D eigenvalue weighted by molar-refractivity contribution is 0.154. The molecule has 0 radical (unpaired) electrons. The van der Waals surface area contributed by atoms with Gasteiger partial charge in [0.2, 0.25) is 10.0 Å². The molecule has 6 nitrogen and oxygen atoms in total. The Hall–Kier alpha value is -1.38. The third kappa shape index (κ3) is 3.59. The average Bonchev–Trinajstić information content (AvgIpc) is 2.54. The second kappa shape index (κ2) is 7.02. The van der Waals surface area contributed by atoms with E-state index in [1.165, 1.54) is 24.6 Å². The third-order valence-corrected chi connectivity index (χ3v) is 5.97. The van der Waals surface area contributed by atoms with Gasteiger partial charge >= 0.3 is 0 Å². The second-order valence-electron chi connectivity index (χ2n) is 5.67. The van der Waals surface area contributed by atoms with Crippen LogP contribution >= 0.6 is 0 Å². The molecule has 0 amide bonds. The first-order valence-corrected chi connectivity index (χ1v) is 8.91. The van der Waals surface area contributed by atoms with E-state index in [0.29, 0.717) is 32.2 Å². The largest absolute Gasteiger partial charge is 0.493 e. The van der Waals surface area contributed by atoms with Gasteiger partial charge in [0.15, 0.2) is 11.5 Å². The first-order valence-electron chi connectivity index (χ1n) is 7.47. The molecular formula is C15H23FN2O4S. The fourth-order valence-corrected chi connectivity index (χ4v) is 4.12. The summed E-state index contributed by atoms with van der Waals surface area (Å²) in [4.78, 5) is 1.81. The lowest BCUT2D eigenvalue weighted by Gasteiger charge is -2.36. The lowest BCUT2D eigenvalue weighted by Crippen LogP contribution is -2.50. The molecule has 1 aliphatic heterocycles. The van der Waals surface area contributed by atoms with Crippen LogP contribution in [-0.4, -0.2) is 64.1 Å². The van der Waals surface area contributed by atoms with Gasteiger partial charge in [-0.1, -0.05) is 0 Å². The molecule has 130 valence electrons. The van der Waals surface area contributed by atoms with Crippen LogP contribution in [0.15, 0.2) is 17.0 Å². The monoisotopic (exact) mass is 346 g/mol. The van der Waals surface area contributed by atoms with Crippen molar-refractivity contribution in [3.8, 4) is 11.5 Å². The first-order chi connectivity index (χ1) is 10.8. The summed E-state index contributed by atoms with van der Waals surface area (Å²) in [6.45, 7) is 6.08. The van der Waals surface area contributed by atoms with Gasteiger partial charge in [0.05, 0.1) is 14.2 Å². The number of piperazine rings is 1. The van der Waals surface area contributed by atoms with Crippen molar-refractivity contribution in [1.82, 2.24) is 9.21 Å². The van der Waals surface area contributed by atoms with E-state index in [9.17, 15) is 12.8 Å². The molecule has 0 bridgehead atoms. The van der Waals surface area contributed by atoms with Gasteiger partial charge < -0.3 is 9.47 Å². The first kappa shape index (κ1) is 18.0. The van der Waals surface area contributed by atoms with Gasteiger partial charge in [0.1, 0.15) is 10.7 Å². The highest BCUT2D eigenvalue weighted by Gasteiger charge is 2.32. The lowest BCUT2D eigenvalue weighted by atomic mass is 10.3.